The predicted molar refractivity (Wildman–Crippen MR) is 112 cm³/mol. The molecular weight excluding hydrogens is 452 g/mol. The van der Waals surface area contributed by atoms with Gasteiger partial charge in [0.15, 0.2) is 16.7 Å². The minimum Gasteiger partial charge on any atom is -0.480 e. The molecule has 0 saturated carbocycles. The molecule has 4 aromatic rings. The Kier molecular flexibility index (Phi) is 5.15. The van der Waals surface area contributed by atoms with Crippen molar-refractivity contribution >= 4 is 44.3 Å². The highest BCUT2D eigenvalue weighted by Crippen LogP contribution is 2.34. The average molecular weight is 466 g/mol. The third-order valence-corrected chi connectivity index (χ3v) is 5.96. The Balaban J connectivity index is 1.79. The van der Waals surface area contributed by atoms with Crippen molar-refractivity contribution in [3.63, 3.8) is 0 Å². The molecule has 0 aliphatic heterocycles. The molecule has 0 amide bonds. The highest BCUT2D eigenvalue weighted by Gasteiger charge is 2.25. The van der Waals surface area contributed by atoms with E-state index in [9.17, 15) is 12.8 Å². The zero-order valence-corrected chi connectivity index (χ0v) is 17.4. The molecule has 0 aliphatic carbocycles. The first kappa shape index (κ1) is 20.8. The number of fused-ring (bicyclic) bond motifs is 1. The van der Waals surface area contributed by atoms with Crippen LogP contribution in [0.3, 0.4) is 0 Å². The molecule has 0 spiro atoms. The number of nitrogens with two attached hydrogens (primary N) is 1. The third-order valence-electron chi connectivity index (χ3n) is 4.39. The largest absolute Gasteiger partial charge is 0.480 e. The van der Waals surface area contributed by atoms with E-state index in [0.717, 1.165) is 18.2 Å². The van der Waals surface area contributed by atoms with Crippen LogP contribution in [-0.2, 0) is 10.0 Å². The lowest BCUT2D eigenvalue weighted by molar-refractivity contribution is 0.385. The van der Waals surface area contributed by atoms with E-state index in [0.29, 0.717) is 11.0 Å². The Morgan fingerprint density at radius 3 is 2.71 bits per heavy atom. The van der Waals surface area contributed by atoms with E-state index in [2.05, 4.69) is 19.7 Å². The van der Waals surface area contributed by atoms with E-state index in [1.807, 2.05) is 0 Å². The van der Waals surface area contributed by atoms with Crippen molar-refractivity contribution in [1.29, 1.82) is 0 Å². The lowest BCUT2D eigenvalue weighted by Gasteiger charge is -2.14. The molecule has 0 fully saturated rings. The minimum absolute atomic E-state index is 0.0357. The number of anilines is 2. The summed E-state index contributed by atoms with van der Waals surface area (Å²) in [6, 6.07) is 7.48. The van der Waals surface area contributed by atoms with Gasteiger partial charge < -0.3 is 15.5 Å². The van der Waals surface area contributed by atoms with Crippen LogP contribution in [0.2, 0.25) is 5.02 Å². The van der Waals surface area contributed by atoms with Crippen LogP contribution in [0.1, 0.15) is 0 Å². The highest BCUT2D eigenvalue weighted by molar-refractivity contribution is 7.92. The monoisotopic (exact) mass is 465 g/mol. The van der Waals surface area contributed by atoms with Crippen LogP contribution in [0.25, 0.3) is 22.2 Å². The van der Waals surface area contributed by atoms with Crippen LogP contribution in [0, 0.1) is 11.6 Å². The van der Waals surface area contributed by atoms with Gasteiger partial charge in [-0.05, 0) is 35.9 Å². The number of hydrogen-bond acceptors (Lipinski definition) is 6. The van der Waals surface area contributed by atoms with Crippen molar-refractivity contribution in [1.82, 2.24) is 15.0 Å². The second-order valence-electron chi connectivity index (χ2n) is 6.40. The van der Waals surface area contributed by atoms with Gasteiger partial charge in [0.05, 0.1) is 34.4 Å². The summed E-state index contributed by atoms with van der Waals surface area (Å²) in [6.45, 7) is 0. The molecular formula is C19H14ClF2N5O3S. The number of ether oxygens (including phenoxy) is 1. The Morgan fingerprint density at radius 1 is 1.19 bits per heavy atom. The molecule has 0 radical (unpaired) electrons. The van der Waals surface area contributed by atoms with Crippen LogP contribution >= 0.6 is 11.6 Å². The molecule has 0 aliphatic rings. The highest BCUT2D eigenvalue weighted by atomic mass is 35.5. The van der Waals surface area contributed by atoms with E-state index in [4.69, 9.17) is 22.1 Å². The first-order valence-corrected chi connectivity index (χ1v) is 10.5. The molecule has 2 aromatic heterocycles. The third kappa shape index (κ3) is 3.84. The Morgan fingerprint density at radius 2 is 1.97 bits per heavy atom. The Labute approximate surface area is 180 Å². The SMILES string of the molecule is COc1ncc(Cl)cc1S(=O)(=O)Nc1ccc(F)c(-c2ccc3nc(N)[nH]c3c2)c1F. The van der Waals surface area contributed by atoms with Gasteiger partial charge >= 0.3 is 0 Å². The average Bonchev–Trinajstić information content (AvgIpc) is 3.09. The number of sulfonamides is 1. The van der Waals surface area contributed by atoms with E-state index < -0.39 is 37.8 Å². The summed E-state index contributed by atoms with van der Waals surface area (Å²) in [5, 5.41) is 0.0357. The van der Waals surface area contributed by atoms with Crippen molar-refractivity contribution in [3.05, 3.63) is 59.3 Å². The lowest BCUT2D eigenvalue weighted by atomic mass is 10.0. The topological polar surface area (TPSA) is 123 Å². The predicted octanol–water partition coefficient (Wildman–Crippen LogP) is 3.95. The van der Waals surface area contributed by atoms with Crippen LogP contribution in [0.5, 0.6) is 5.88 Å². The number of nitrogen functional groups attached to an aromatic ring is 1. The number of methoxy groups -OCH3 is 1. The van der Waals surface area contributed by atoms with Crippen molar-refractivity contribution in [2.75, 3.05) is 17.6 Å². The van der Waals surface area contributed by atoms with Gasteiger partial charge in [0.2, 0.25) is 5.88 Å². The number of benzene rings is 2. The summed E-state index contributed by atoms with van der Waals surface area (Å²) < 4.78 is 62.5. The van der Waals surface area contributed by atoms with E-state index in [1.165, 1.54) is 31.5 Å². The molecule has 4 rings (SSSR count). The van der Waals surface area contributed by atoms with Crippen LogP contribution in [-0.4, -0.2) is 30.5 Å². The smallest absolute Gasteiger partial charge is 0.267 e. The van der Waals surface area contributed by atoms with E-state index >= 15 is 4.39 Å². The number of hydrogen-bond donors (Lipinski definition) is 3. The molecule has 4 N–H and O–H groups in total. The molecule has 0 bridgehead atoms. The summed E-state index contributed by atoms with van der Waals surface area (Å²) in [4.78, 5) is 10.2. The van der Waals surface area contributed by atoms with Crippen LogP contribution in [0.4, 0.5) is 20.4 Å². The molecule has 12 heteroatoms. The number of imidazole rings is 1. The normalized spacial score (nSPS) is 11.6. The van der Waals surface area contributed by atoms with E-state index in [-0.39, 0.29) is 22.4 Å². The first-order valence-electron chi connectivity index (χ1n) is 8.65. The Hall–Kier alpha value is -3.44. The summed E-state index contributed by atoms with van der Waals surface area (Å²) >= 11 is 5.84. The molecule has 31 heavy (non-hydrogen) atoms. The minimum atomic E-state index is -4.36. The molecule has 0 saturated heterocycles. The van der Waals surface area contributed by atoms with Gasteiger partial charge in [-0.1, -0.05) is 17.7 Å². The maximum absolute atomic E-state index is 15.2. The van der Waals surface area contributed by atoms with Gasteiger partial charge in [-0.3, -0.25) is 4.72 Å². The number of aromatic amines is 1. The second kappa shape index (κ2) is 7.67. The van der Waals surface area contributed by atoms with Gasteiger partial charge in [-0.25, -0.2) is 27.2 Å². The quantitative estimate of drug-likeness (QED) is 0.410. The van der Waals surface area contributed by atoms with Crippen molar-refractivity contribution < 1.29 is 21.9 Å². The zero-order valence-electron chi connectivity index (χ0n) is 15.8. The summed E-state index contributed by atoms with van der Waals surface area (Å²) in [6.07, 6.45) is 1.20. The van der Waals surface area contributed by atoms with Crippen molar-refractivity contribution in [2.24, 2.45) is 0 Å². The number of H-pyrrole nitrogens is 1. The van der Waals surface area contributed by atoms with Crippen molar-refractivity contribution in [2.45, 2.75) is 4.90 Å². The number of pyridine rings is 1. The molecule has 160 valence electrons. The number of nitrogens with zero attached hydrogens (tertiary/aromatic N) is 2. The maximum Gasteiger partial charge on any atom is 0.267 e. The molecule has 2 aromatic carbocycles. The standard InChI is InChI=1S/C19H14ClF2N5O3S/c1-30-18-15(7-10(20)8-24-18)31(28,29)27-13-5-3-11(21)16(17(13)22)9-2-4-12-14(6-9)26-19(23)25-12/h2-8,27H,1H3,(H3,23,25,26). The molecule has 0 unspecified atom stereocenters. The van der Waals surface area contributed by atoms with Gasteiger partial charge in [-0.15, -0.1) is 0 Å². The van der Waals surface area contributed by atoms with Crippen molar-refractivity contribution in [3.8, 4) is 17.0 Å². The van der Waals surface area contributed by atoms with Gasteiger partial charge in [0.25, 0.3) is 10.0 Å². The lowest BCUT2D eigenvalue weighted by Crippen LogP contribution is -2.16. The zero-order chi connectivity index (χ0) is 22.3. The second-order valence-corrected chi connectivity index (χ2v) is 8.49. The van der Waals surface area contributed by atoms with Crippen LogP contribution < -0.4 is 15.2 Å². The fourth-order valence-corrected chi connectivity index (χ4v) is 4.46. The molecule has 8 nitrogen and oxygen atoms in total. The van der Waals surface area contributed by atoms with Crippen LogP contribution in [0.15, 0.2) is 47.5 Å². The maximum atomic E-state index is 15.2. The first-order chi connectivity index (χ1) is 14.7. The van der Waals surface area contributed by atoms with E-state index in [1.54, 1.807) is 0 Å². The fourth-order valence-electron chi connectivity index (χ4n) is 3.03. The van der Waals surface area contributed by atoms with Gasteiger partial charge in [-0.2, -0.15) is 0 Å². The summed E-state index contributed by atoms with van der Waals surface area (Å²) in [5.74, 6) is -2.07. The number of rotatable bonds is 5. The number of nitrogens with one attached hydrogen (secondary N) is 2. The molecule has 2 heterocycles. The fraction of sp³-hybridized carbons (Fsp3) is 0.0526. The number of halogens is 3. The molecule has 0 atom stereocenters. The van der Waals surface area contributed by atoms with Gasteiger partial charge in [0.1, 0.15) is 5.82 Å². The summed E-state index contributed by atoms with van der Waals surface area (Å²) in [7, 11) is -3.13. The van der Waals surface area contributed by atoms with Gasteiger partial charge in [0, 0.05) is 6.20 Å². The Bertz CT molecular complexity index is 1430. The number of aromatic nitrogens is 3. The summed E-state index contributed by atoms with van der Waals surface area (Å²) in [5.41, 5.74) is 5.85.